The summed E-state index contributed by atoms with van der Waals surface area (Å²) < 4.78 is 16.1. The molecule has 3 aromatic rings. The van der Waals surface area contributed by atoms with Crippen LogP contribution in [-0.2, 0) is 10.3 Å². The second kappa shape index (κ2) is 9.31. The first kappa shape index (κ1) is 22.9. The fourth-order valence-corrected chi connectivity index (χ4v) is 4.34. The van der Waals surface area contributed by atoms with Crippen LogP contribution in [0.15, 0.2) is 67.1 Å². The number of para-hydroxylation sites is 1. The molecule has 1 fully saturated rings. The molecular formula is C25H28FN5OS. The van der Waals surface area contributed by atoms with Gasteiger partial charge in [0, 0.05) is 37.1 Å². The van der Waals surface area contributed by atoms with E-state index in [1.807, 2.05) is 23.1 Å². The quantitative estimate of drug-likeness (QED) is 0.513. The van der Waals surface area contributed by atoms with E-state index in [9.17, 15) is 9.18 Å². The van der Waals surface area contributed by atoms with Gasteiger partial charge in [-0.05, 0) is 68.9 Å². The number of benzene rings is 1. The minimum absolute atomic E-state index is 0.0598. The highest BCUT2D eigenvalue weighted by Crippen LogP contribution is 2.39. The molecule has 0 saturated carbocycles. The summed E-state index contributed by atoms with van der Waals surface area (Å²) in [7, 11) is 0. The molecule has 2 N–H and O–H groups in total. The van der Waals surface area contributed by atoms with Crippen LogP contribution in [-0.4, -0.2) is 32.0 Å². The van der Waals surface area contributed by atoms with Crippen LogP contribution in [0.5, 0.6) is 0 Å². The number of rotatable bonds is 6. The molecule has 1 amide bonds. The van der Waals surface area contributed by atoms with E-state index in [4.69, 9.17) is 12.2 Å². The van der Waals surface area contributed by atoms with Crippen LogP contribution in [0.25, 0.3) is 0 Å². The van der Waals surface area contributed by atoms with Crippen molar-refractivity contribution < 1.29 is 9.18 Å². The fourth-order valence-electron chi connectivity index (χ4n) is 4.01. The molecule has 0 aliphatic carbocycles. The molecule has 0 bridgehead atoms. The molecule has 3 heterocycles. The van der Waals surface area contributed by atoms with Crippen molar-refractivity contribution in [1.29, 1.82) is 0 Å². The van der Waals surface area contributed by atoms with Crippen LogP contribution >= 0.6 is 12.2 Å². The van der Waals surface area contributed by atoms with E-state index in [0.717, 1.165) is 11.3 Å². The lowest BCUT2D eigenvalue weighted by atomic mass is 9.99. The third kappa shape index (κ3) is 5.06. The van der Waals surface area contributed by atoms with Gasteiger partial charge >= 0.3 is 0 Å². The van der Waals surface area contributed by atoms with E-state index in [2.05, 4.69) is 59.4 Å². The Balaban J connectivity index is 1.57. The van der Waals surface area contributed by atoms with E-state index < -0.39 is 5.82 Å². The van der Waals surface area contributed by atoms with Crippen LogP contribution in [0, 0.1) is 5.82 Å². The van der Waals surface area contributed by atoms with E-state index >= 15 is 0 Å². The first-order valence-corrected chi connectivity index (χ1v) is 11.4. The smallest absolute Gasteiger partial charge is 0.226 e. The van der Waals surface area contributed by atoms with Gasteiger partial charge in [-0.3, -0.25) is 9.78 Å². The summed E-state index contributed by atoms with van der Waals surface area (Å²) in [6.45, 7) is 6.83. The summed E-state index contributed by atoms with van der Waals surface area (Å²) in [5.41, 5.74) is 2.08. The summed E-state index contributed by atoms with van der Waals surface area (Å²) in [4.78, 5) is 19.1. The average molecular weight is 466 g/mol. The molecule has 0 radical (unpaired) electrons. The summed E-state index contributed by atoms with van der Waals surface area (Å²) in [6, 6.07) is 13.8. The average Bonchev–Trinajstić information content (AvgIpc) is 3.39. The molecule has 1 aromatic carbocycles. The van der Waals surface area contributed by atoms with Crippen LogP contribution in [0.4, 0.5) is 10.1 Å². The van der Waals surface area contributed by atoms with Crippen LogP contribution in [0.2, 0.25) is 0 Å². The highest BCUT2D eigenvalue weighted by Gasteiger charge is 2.40. The Kier molecular flexibility index (Phi) is 6.47. The first-order chi connectivity index (χ1) is 15.7. The van der Waals surface area contributed by atoms with E-state index in [0.29, 0.717) is 11.7 Å². The zero-order valence-electron chi connectivity index (χ0n) is 19.0. The number of carbonyl (C=O) groups excluding carboxylic acids is 1. The van der Waals surface area contributed by atoms with Crippen molar-refractivity contribution in [2.24, 2.45) is 0 Å². The highest BCUT2D eigenvalue weighted by atomic mass is 32.1. The van der Waals surface area contributed by atoms with Crippen molar-refractivity contribution in [1.82, 2.24) is 19.8 Å². The van der Waals surface area contributed by atoms with Gasteiger partial charge in [0.15, 0.2) is 5.11 Å². The van der Waals surface area contributed by atoms with Crippen LogP contribution in [0.1, 0.15) is 50.5 Å². The number of anilines is 1. The van der Waals surface area contributed by atoms with Crippen LogP contribution < -0.4 is 10.6 Å². The number of hydrogen-bond donors (Lipinski definition) is 2. The summed E-state index contributed by atoms with van der Waals surface area (Å²) in [5, 5.41) is 6.61. The summed E-state index contributed by atoms with van der Waals surface area (Å²) >= 11 is 5.67. The monoisotopic (exact) mass is 465 g/mol. The Morgan fingerprint density at radius 2 is 1.94 bits per heavy atom. The maximum Gasteiger partial charge on any atom is 0.226 e. The second-order valence-corrected chi connectivity index (χ2v) is 9.51. The zero-order chi connectivity index (χ0) is 23.6. The Morgan fingerprint density at radius 3 is 2.61 bits per heavy atom. The van der Waals surface area contributed by atoms with Crippen molar-refractivity contribution in [2.45, 2.75) is 44.8 Å². The molecule has 1 saturated heterocycles. The van der Waals surface area contributed by atoms with Gasteiger partial charge in [-0.2, -0.15) is 0 Å². The number of nitrogens with zero attached hydrogens (tertiary/aromatic N) is 3. The van der Waals surface area contributed by atoms with Gasteiger partial charge in [0.2, 0.25) is 5.91 Å². The van der Waals surface area contributed by atoms with Crippen LogP contribution in [0.3, 0.4) is 0 Å². The molecular weight excluding hydrogens is 437 g/mol. The van der Waals surface area contributed by atoms with Gasteiger partial charge in [0.1, 0.15) is 5.82 Å². The molecule has 8 heteroatoms. The molecule has 0 spiro atoms. The van der Waals surface area contributed by atoms with E-state index in [-0.39, 0.29) is 35.6 Å². The van der Waals surface area contributed by atoms with Gasteiger partial charge in [-0.25, -0.2) is 4.39 Å². The van der Waals surface area contributed by atoms with Gasteiger partial charge < -0.3 is 20.1 Å². The van der Waals surface area contributed by atoms with Gasteiger partial charge in [-0.15, -0.1) is 0 Å². The Morgan fingerprint density at radius 1 is 1.18 bits per heavy atom. The van der Waals surface area contributed by atoms with Crippen molar-refractivity contribution >= 4 is 28.9 Å². The summed E-state index contributed by atoms with van der Waals surface area (Å²) in [5.74, 6) is -0.726. The lowest BCUT2D eigenvalue weighted by molar-refractivity contribution is -0.116. The van der Waals surface area contributed by atoms with Crippen molar-refractivity contribution in [3.63, 3.8) is 0 Å². The number of carbonyl (C=O) groups is 1. The maximum atomic E-state index is 13.9. The molecule has 1 aliphatic rings. The van der Waals surface area contributed by atoms with Crippen molar-refractivity contribution in [3.8, 4) is 0 Å². The normalized spacial score (nSPS) is 18.3. The zero-order valence-corrected chi connectivity index (χ0v) is 19.8. The lowest BCUT2D eigenvalue weighted by Crippen LogP contribution is -2.32. The minimum atomic E-state index is -0.458. The molecule has 6 nitrogen and oxygen atoms in total. The number of nitrogens with one attached hydrogen (secondary N) is 2. The standard InChI is InChI=1S/C25H28FN5OS/c1-25(2,3)30-14-11-17(16-30)23-22(20-10-6-7-13-27-20)29-24(33)31(23)15-12-21(32)28-19-9-5-4-8-18(19)26/h4-11,13-14,16,22-23H,12,15H2,1-3H3,(H,28,32)(H,29,33)/t22-,23+/m0/s1. The summed E-state index contributed by atoms with van der Waals surface area (Å²) in [6.07, 6.45) is 6.13. The highest BCUT2D eigenvalue weighted by molar-refractivity contribution is 7.80. The van der Waals surface area contributed by atoms with Gasteiger partial charge in [0.25, 0.3) is 0 Å². The third-order valence-electron chi connectivity index (χ3n) is 5.76. The lowest BCUT2D eigenvalue weighted by Gasteiger charge is -2.27. The Hall–Kier alpha value is -3.26. The Labute approximate surface area is 198 Å². The number of hydrogen-bond acceptors (Lipinski definition) is 3. The SMILES string of the molecule is CC(C)(C)n1ccc([C@@H]2[C@H](c3ccccn3)NC(=S)N2CCC(=O)Nc2ccccc2F)c1. The van der Waals surface area contributed by atoms with Gasteiger partial charge in [0.05, 0.1) is 23.5 Å². The number of thiocarbonyl (C=S) groups is 1. The molecule has 33 heavy (non-hydrogen) atoms. The molecule has 4 rings (SSSR count). The number of aromatic nitrogens is 2. The van der Waals surface area contributed by atoms with Gasteiger partial charge in [-0.1, -0.05) is 18.2 Å². The maximum absolute atomic E-state index is 13.9. The third-order valence-corrected chi connectivity index (χ3v) is 6.11. The molecule has 172 valence electrons. The predicted octanol–water partition coefficient (Wildman–Crippen LogP) is 4.78. The first-order valence-electron chi connectivity index (χ1n) is 10.9. The number of amides is 1. The number of halogens is 1. The molecule has 1 aliphatic heterocycles. The minimum Gasteiger partial charge on any atom is -0.352 e. The molecule has 0 unspecified atom stereocenters. The predicted molar refractivity (Wildman–Crippen MR) is 131 cm³/mol. The Bertz CT molecular complexity index is 1140. The molecule has 2 atom stereocenters. The molecule has 2 aromatic heterocycles. The van der Waals surface area contributed by atoms with Crippen molar-refractivity contribution in [2.75, 3.05) is 11.9 Å². The largest absolute Gasteiger partial charge is 0.352 e. The second-order valence-electron chi connectivity index (χ2n) is 9.12. The van der Waals surface area contributed by atoms with E-state index in [1.165, 1.54) is 6.07 Å². The van der Waals surface area contributed by atoms with E-state index in [1.54, 1.807) is 24.4 Å². The number of pyridine rings is 1. The van der Waals surface area contributed by atoms with Crippen molar-refractivity contribution in [3.05, 3.63) is 84.2 Å². The topological polar surface area (TPSA) is 62.2 Å². The fraction of sp³-hybridized carbons (Fsp3) is 0.320.